The van der Waals surface area contributed by atoms with E-state index in [1.165, 1.54) is 16.8 Å². The largest absolute Gasteiger partial charge is 0.393 e. The number of aryl methyl sites for hydroxylation is 1. The molecule has 0 bridgehead atoms. The predicted molar refractivity (Wildman–Crippen MR) is 108 cm³/mol. The number of hydrogen-bond donors (Lipinski definition) is 3. The highest BCUT2D eigenvalue weighted by Gasteiger charge is 2.36. The zero-order chi connectivity index (χ0) is 19.7. The maximum Gasteiger partial charge on any atom is 0.192 e. The smallest absolute Gasteiger partial charge is 0.192 e. The van der Waals surface area contributed by atoms with E-state index in [9.17, 15) is 15.0 Å². The van der Waals surface area contributed by atoms with E-state index in [0.29, 0.717) is 11.4 Å². The highest BCUT2D eigenvalue weighted by molar-refractivity contribution is 6.31. The lowest BCUT2D eigenvalue weighted by Crippen LogP contribution is -2.43. The molecule has 0 saturated carbocycles. The third-order valence-corrected chi connectivity index (χ3v) is 5.89. The van der Waals surface area contributed by atoms with E-state index in [1.54, 1.807) is 0 Å². The van der Waals surface area contributed by atoms with Crippen LogP contribution in [-0.4, -0.2) is 41.4 Å². The van der Waals surface area contributed by atoms with Crippen molar-refractivity contribution in [3.05, 3.63) is 63.7 Å². The summed E-state index contributed by atoms with van der Waals surface area (Å²) in [6.45, 7) is 0.584. The first-order valence-electron chi connectivity index (χ1n) is 9.67. The average Bonchev–Trinajstić information content (AvgIpc) is 2.71. The van der Waals surface area contributed by atoms with Gasteiger partial charge in [0.2, 0.25) is 0 Å². The molecule has 28 heavy (non-hydrogen) atoms. The van der Waals surface area contributed by atoms with Crippen molar-refractivity contribution < 1.29 is 19.7 Å². The van der Waals surface area contributed by atoms with Gasteiger partial charge in [0.05, 0.1) is 12.7 Å². The van der Waals surface area contributed by atoms with Crippen LogP contribution in [0.1, 0.15) is 41.2 Å². The van der Waals surface area contributed by atoms with Crippen LogP contribution < -0.4 is 5.32 Å². The van der Waals surface area contributed by atoms with E-state index in [0.717, 1.165) is 30.5 Å². The van der Waals surface area contributed by atoms with Crippen LogP contribution in [0.15, 0.2) is 36.4 Å². The Bertz CT molecular complexity index is 885. The van der Waals surface area contributed by atoms with Gasteiger partial charge in [0.15, 0.2) is 5.78 Å². The fourth-order valence-electron chi connectivity index (χ4n) is 3.99. The Morgan fingerprint density at radius 2 is 2.07 bits per heavy atom. The van der Waals surface area contributed by atoms with Crippen LogP contribution in [-0.2, 0) is 22.4 Å². The zero-order valence-corrected chi connectivity index (χ0v) is 16.3. The summed E-state index contributed by atoms with van der Waals surface area (Å²) < 4.78 is 5.71. The van der Waals surface area contributed by atoms with E-state index in [1.807, 2.05) is 18.2 Å². The van der Waals surface area contributed by atoms with E-state index >= 15 is 0 Å². The molecule has 0 aromatic heterocycles. The van der Waals surface area contributed by atoms with Crippen molar-refractivity contribution in [1.29, 1.82) is 0 Å². The number of halogens is 1. The Balaban J connectivity index is 1.57. The van der Waals surface area contributed by atoms with Crippen LogP contribution in [0.3, 0.4) is 0 Å². The number of aliphatic hydroxyl groups excluding tert-OH is 2. The number of nitrogens with one attached hydrogen (secondary N) is 1. The molecule has 0 aliphatic carbocycles. The molecule has 2 aromatic carbocycles. The van der Waals surface area contributed by atoms with Crippen LogP contribution in [0.4, 0.5) is 5.69 Å². The number of ketones is 1. The number of fused-ring (bicyclic) bond motifs is 1. The van der Waals surface area contributed by atoms with Crippen molar-refractivity contribution in [2.75, 3.05) is 18.5 Å². The molecule has 2 aromatic rings. The Morgan fingerprint density at radius 3 is 2.89 bits per heavy atom. The Hall–Kier alpha value is -1.92. The predicted octanol–water partition coefficient (Wildman–Crippen LogP) is 3.04. The second-order valence-electron chi connectivity index (χ2n) is 7.50. The highest BCUT2D eigenvalue weighted by atomic mass is 35.5. The van der Waals surface area contributed by atoms with Gasteiger partial charge < -0.3 is 20.3 Å². The monoisotopic (exact) mass is 401 g/mol. The number of carbonyl (C=O) groups excluding carboxylic acids is 1. The van der Waals surface area contributed by atoms with Gasteiger partial charge in [0, 0.05) is 23.7 Å². The molecule has 1 fully saturated rings. The van der Waals surface area contributed by atoms with Crippen molar-refractivity contribution in [1.82, 2.24) is 0 Å². The maximum absolute atomic E-state index is 11.9. The number of Topliss-reactive ketones (excluding diaryl/α,β-unsaturated/α-hetero) is 1. The molecule has 4 rings (SSSR count). The standard InChI is InChI=1S/C22H24ClNO4/c23-17-5-4-15(20-11-19(26)22(27)21(12-25)28-20)10-16(17)9-13-3-6-18-14(8-13)2-1-7-24-18/h3-6,8,10,19-21,24-26H,1-2,7,9,11-12H2. The van der Waals surface area contributed by atoms with Gasteiger partial charge in [-0.3, -0.25) is 4.79 Å². The fourth-order valence-corrected chi connectivity index (χ4v) is 4.17. The van der Waals surface area contributed by atoms with E-state index in [2.05, 4.69) is 23.5 Å². The second-order valence-corrected chi connectivity index (χ2v) is 7.91. The van der Waals surface area contributed by atoms with Gasteiger partial charge in [0.25, 0.3) is 0 Å². The van der Waals surface area contributed by atoms with Gasteiger partial charge >= 0.3 is 0 Å². The zero-order valence-electron chi connectivity index (χ0n) is 15.5. The van der Waals surface area contributed by atoms with Crippen molar-refractivity contribution in [3.8, 4) is 0 Å². The highest BCUT2D eigenvalue weighted by Crippen LogP contribution is 2.33. The topological polar surface area (TPSA) is 78.8 Å². The molecule has 0 spiro atoms. The Kier molecular flexibility index (Phi) is 5.69. The van der Waals surface area contributed by atoms with Crippen LogP contribution in [0.25, 0.3) is 0 Å². The van der Waals surface area contributed by atoms with Crippen molar-refractivity contribution >= 4 is 23.1 Å². The average molecular weight is 402 g/mol. The molecular formula is C22H24ClNO4. The summed E-state index contributed by atoms with van der Waals surface area (Å²) in [6, 6.07) is 12.1. The quantitative estimate of drug-likeness (QED) is 0.733. The molecule has 3 unspecified atom stereocenters. The number of hydrogen-bond acceptors (Lipinski definition) is 5. The van der Waals surface area contributed by atoms with Gasteiger partial charge in [-0.1, -0.05) is 35.9 Å². The third-order valence-electron chi connectivity index (χ3n) is 5.52. The normalized spacial score (nSPS) is 24.5. The van der Waals surface area contributed by atoms with Gasteiger partial charge in [0.1, 0.15) is 12.2 Å². The minimum Gasteiger partial charge on any atom is -0.393 e. The molecule has 3 N–H and O–H groups in total. The molecule has 0 amide bonds. The summed E-state index contributed by atoms with van der Waals surface area (Å²) in [5.41, 5.74) is 5.55. The van der Waals surface area contributed by atoms with Crippen molar-refractivity contribution in [2.45, 2.75) is 44.0 Å². The molecule has 0 radical (unpaired) electrons. The number of aliphatic hydroxyl groups is 2. The number of anilines is 1. The summed E-state index contributed by atoms with van der Waals surface area (Å²) in [4.78, 5) is 11.9. The van der Waals surface area contributed by atoms with Crippen molar-refractivity contribution in [2.24, 2.45) is 0 Å². The summed E-state index contributed by atoms with van der Waals surface area (Å²) in [5, 5.41) is 23.5. The van der Waals surface area contributed by atoms with Crippen LogP contribution in [0.2, 0.25) is 5.02 Å². The summed E-state index contributed by atoms with van der Waals surface area (Å²) in [6.07, 6.45) is 0.531. The maximum atomic E-state index is 11.9. The SMILES string of the molecule is O=C1C(O)CC(c2ccc(Cl)c(Cc3ccc4c(c3)CCCN4)c2)OC1CO. The van der Waals surface area contributed by atoms with Gasteiger partial charge in [-0.25, -0.2) is 0 Å². The van der Waals surface area contributed by atoms with Gasteiger partial charge in [-0.2, -0.15) is 0 Å². The van der Waals surface area contributed by atoms with Gasteiger partial charge in [-0.15, -0.1) is 0 Å². The van der Waals surface area contributed by atoms with E-state index in [-0.39, 0.29) is 6.42 Å². The Labute approximate surface area is 169 Å². The first-order valence-corrected chi connectivity index (χ1v) is 10.0. The lowest BCUT2D eigenvalue weighted by Gasteiger charge is -2.31. The molecule has 1 saturated heterocycles. The second kappa shape index (κ2) is 8.21. The molecule has 5 nitrogen and oxygen atoms in total. The molecule has 2 aliphatic heterocycles. The molecule has 2 heterocycles. The van der Waals surface area contributed by atoms with Crippen LogP contribution in [0.5, 0.6) is 0 Å². The van der Waals surface area contributed by atoms with Crippen molar-refractivity contribution in [3.63, 3.8) is 0 Å². The lowest BCUT2D eigenvalue weighted by atomic mass is 9.92. The lowest BCUT2D eigenvalue weighted by molar-refractivity contribution is -0.161. The molecule has 3 atom stereocenters. The minimum atomic E-state index is -1.12. The summed E-state index contributed by atoms with van der Waals surface area (Å²) in [5.74, 6) is -0.462. The first-order chi connectivity index (χ1) is 13.5. The summed E-state index contributed by atoms with van der Waals surface area (Å²) >= 11 is 6.44. The third kappa shape index (κ3) is 3.94. The molecule has 148 valence electrons. The Morgan fingerprint density at radius 1 is 1.21 bits per heavy atom. The van der Waals surface area contributed by atoms with E-state index < -0.39 is 30.7 Å². The van der Waals surface area contributed by atoms with Gasteiger partial charge in [-0.05, 0) is 53.6 Å². The number of benzene rings is 2. The fraction of sp³-hybridized carbons (Fsp3) is 0.409. The molecular weight excluding hydrogens is 378 g/mol. The number of rotatable bonds is 4. The number of ether oxygens (including phenoxy) is 1. The first kappa shape index (κ1) is 19.4. The van der Waals surface area contributed by atoms with E-state index in [4.69, 9.17) is 16.3 Å². The summed E-state index contributed by atoms with van der Waals surface area (Å²) in [7, 11) is 0. The van der Waals surface area contributed by atoms with Crippen LogP contribution in [0, 0.1) is 0 Å². The number of carbonyl (C=O) groups is 1. The van der Waals surface area contributed by atoms with Crippen LogP contribution >= 0.6 is 11.6 Å². The molecule has 6 heteroatoms. The molecule has 2 aliphatic rings. The minimum absolute atomic E-state index is 0.181.